The highest BCUT2D eigenvalue weighted by atomic mass is 16.6. The van der Waals surface area contributed by atoms with E-state index in [1.165, 1.54) is 12.6 Å². The average Bonchev–Trinajstić information content (AvgIpc) is 2.94. The summed E-state index contributed by atoms with van der Waals surface area (Å²) >= 11 is 0. The third-order valence-electron chi connectivity index (χ3n) is 5.25. The summed E-state index contributed by atoms with van der Waals surface area (Å²) in [7, 11) is 0. The molecule has 3 rings (SSSR count). The molecule has 0 bridgehead atoms. The maximum atomic E-state index is 12.4. The van der Waals surface area contributed by atoms with Crippen LogP contribution >= 0.6 is 0 Å². The van der Waals surface area contributed by atoms with Crippen molar-refractivity contribution in [3.05, 3.63) is 22.2 Å². The van der Waals surface area contributed by atoms with Crippen LogP contribution in [-0.2, 0) is 9.47 Å². The fraction of sp³-hybridized carbons (Fsp3) is 0.632. The van der Waals surface area contributed by atoms with Gasteiger partial charge in [-0.15, -0.1) is 6.42 Å². The lowest BCUT2D eigenvalue weighted by molar-refractivity contribution is -0.0350. The molecule has 1 aromatic heterocycles. The fourth-order valence-corrected chi connectivity index (χ4v) is 3.59. The molecular formula is C19H25N3O6. The Labute approximate surface area is 162 Å². The maximum absolute atomic E-state index is 12.4. The van der Waals surface area contributed by atoms with E-state index in [-0.39, 0.29) is 11.4 Å². The molecule has 4 atom stereocenters. The van der Waals surface area contributed by atoms with Crippen molar-refractivity contribution in [1.82, 2.24) is 9.55 Å². The van der Waals surface area contributed by atoms with E-state index in [4.69, 9.17) is 15.9 Å². The van der Waals surface area contributed by atoms with Crippen LogP contribution in [0.15, 0.2) is 11.0 Å². The predicted molar refractivity (Wildman–Crippen MR) is 99.6 cm³/mol. The van der Waals surface area contributed by atoms with Gasteiger partial charge in [0.15, 0.2) is 12.0 Å². The summed E-state index contributed by atoms with van der Waals surface area (Å²) < 4.78 is 11.7. The van der Waals surface area contributed by atoms with Crippen molar-refractivity contribution >= 4 is 11.9 Å². The monoisotopic (exact) mass is 391 g/mol. The summed E-state index contributed by atoms with van der Waals surface area (Å²) in [5.74, 6) is 2.59. The molecule has 1 aliphatic heterocycles. The van der Waals surface area contributed by atoms with Crippen molar-refractivity contribution in [3.8, 4) is 12.3 Å². The fourth-order valence-electron chi connectivity index (χ4n) is 3.59. The van der Waals surface area contributed by atoms with Gasteiger partial charge in [-0.3, -0.25) is 9.88 Å². The largest absolute Gasteiger partial charge is 0.449 e. The highest BCUT2D eigenvalue weighted by molar-refractivity contribution is 5.84. The number of rotatable bonds is 4. The molecule has 1 amide bonds. The number of carbonyl (C=O) groups is 1. The topological polar surface area (TPSA) is 123 Å². The number of aliphatic hydroxyl groups is 2. The molecule has 9 heteroatoms. The molecule has 2 heterocycles. The summed E-state index contributed by atoms with van der Waals surface area (Å²) in [5, 5.41) is 22.3. The van der Waals surface area contributed by atoms with Gasteiger partial charge in [0.2, 0.25) is 0 Å². The Morgan fingerprint density at radius 3 is 2.71 bits per heavy atom. The van der Waals surface area contributed by atoms with Gasteiger partial charge >= 0.3 is 11.8 Å². The summed E-state index contributed by atoms with van der Waals surface area (Å²) in [6.45, 7) is 1.89. The van der Waals surface area contributed by atoms with E-state index in [2.05, 4.69) is 16.2 Å². The van der Waals surface area contributed by atoms with Crippen LogP contribution in [0.25, 0.3) is 0 Å². The van der Waals surface area contributed by atoms with Crippen LogP contribution in [0.2, 0.25) is 0 Å². The third-order valence-corrected chi connectivity index (χ3v) is 5.25. The molecule has 152 valence electrons. The van der Waals surface area contributed by atoms with Crippen LogP contribution in [0, 0.1) is 18.3 Å². The lowest BCUT2D eigenvalue weighted by Gasteiger charge is -2.21. The quantitative estimate of drug-likeness (QED) is 0.654. The van der Waals surface area contributed by atoms with E-state index in [9.17, 15) is 19.8 Å². The van der Waals surface area contributed by atoms with Crippen LogP contribution < -0.4 is 11.0 Å². The number of nitrogens with zero attached hydrogens (tertiary/aromatic N) is 2. The van der Waals surface area contributed by atoms with Gasteiger partial charge in [0, 0.05) is 6.20 Å². The molecule has 28 heavy (non-hydrogen) atoms. The van der Waals surface area contributed by atoms with E-state index in [1.807, 2.05) is 0 Å². The van der Waals surface area contributed by atoms with Gasteiger partial charge in [0.1, 0.15) is 12.2 Å². The number of hydrogen-bond donors (Lipinski definition) is 3. The Balaban J connectivity index is 1.70. The van der Waals surface area contributed by atoms with Crippen molar-refractivity contribution in [1.29, 1.82) is 0 Å². The van der Waals surface area contributed by atoms with E-state index >= 15 is 0 Å². The number of nitrogens with one attached hydrogen (secondary N) is 1. The van der Waals surface area contributed by atoms with Crippen LogP contribution in [0.1, 0.15) is 50.8 Å². The first-order valence-electron chi connectivity index (χ1n) is 9.46. The number of ether oxygens (including phenoxy) is 2. The van der Waals surface area contributed by atoms with Crippen molar-refractivity contribution in [2.45, 2.75) is 63.6 Å². The van der Waals surface area contributed by atoms with Crippen LogP contribution in [-0.4, -0.2) is 50.8 Å². The highest BCUT2D eigenvalue weighted by Gasteiger charge is 2.42. The maximum Gasteiger partial charge on any atom is 0.412 e. The zero-order valence-corrected chi connectivity index (χ0v) is 15.7. The second-order valence-electron chi connectivity index (χ2n) is 7.28. The van der Waals surface area contributed by atoms with Gasteiger partial charge < -0.3 is 19.7 Å². The molecule has 2 unspecified atom stereocenters. The zero-order chi connectivity index (χ0) is 20.3. The SMILES string of the molecule is C#Cc1cn([C@@H]2O[C@H](C)C(O)C2O)c(=O)nc1NC(=O)OCC1CCCCC1. The highest BCUT2D eigenvalue weighted by Crippen LogP contribution is 2.28. The molecule has 9 nitrogen and oxygen atoms in total. The standard InChI is InChI=1S/C19H25N3O6/c1-3-13-9-22(17-15(24)14(23)11(2)28-17)18(25)20-16(13)21-19(26)27-10-12-7-5-4-6-8-12/h1,9,11-12,14-15,17,23-24H,4-8,10H2,2H3,(H,20,21,25,26)/t11-,14?,15?,17-/m1/s1. The van der Waals surface area contributed by atoms with Crippen LogP contribution in [0.5, 0.6) is 0 Å². The van der Waals surface area contributed by atoms with E-state index < -0.39 is 36.3 Å². The Morgan fingerprint density at radius 1 is 1.39 bits per heavy atom. The summed E-state index contributed by atoms with van der Waals surface area (Å²) in [5.41, 5.74) is -0.661. The van der Waals surface area contributed by atoms with E-state index in [1.54, 1.807) is 6.92 Å². The van der Waals surface area contributed by atoms with Crippen molar-refractivity contribution in [2.24, 2.45) is 5.92 Å². The Hall–Kier alpha value is -2.41. The third kappa shape index (κ3) is 4.35. The lowest BCUT2D eigenvalue weighted by Crippen LogP contribution is -2.36. The summed E-state index contributed by atoms with van der Waals surface area (Å²) in [6.07, 6.45) is 7.33. The minimum atomic E-state index is -1.31. The van der Waals surface area contributed by atoms with Gasteiger partial charge in [-0.05, 0) is 25.7 Å². The molecule has 0 radical (unpaired) electrons. The number of aliphatic hydroxyl groups excluding tert-OH is 2. The minimum Gasteiger partial charge on any atom is -0.449 e. The van der Waals surface area contributed by atoms with Gasteiger partial charge in [-0.25, -0.2) is 9.59 Å². The summed E-state index contributed by atoms with van der Waals surface area (Å²) in [6, 6.07) is 0. The lowest BCUT2D eigenvalue weighted by atomic mass is 9.90. The van der Waals surface area contributed by atoms with Gasteiger partial charge in [-0.1, -0.05) is 25.2 Å². The number of terminal acetylenes is 1. The molecule has 2 aliphatic rings. The normalized spacial score (nSPS) is 27.9. The zero-order valence-electron chi connectivity index (χ0n) is 15.7. The number of hydrogen-bond acceptors (Lipinski definition) is 7. The second kappa shape index (κ2) is 8.73. The molecule has 1 saturated carbocycles. The van der Waals surface area contributed by atoms with Gasteiger partial charge in [0.05, 0.1) is 18.3 Å². The Bertz CT molecular complexity index is 811. The van der Waals surface area contributed by atoms with Crippen molar-refractivity contribution in [3.63, 3.8) is 0 Å². The molecule has 1 aromatic rings. The van der Waals surface area contributed by atoms with Crippen LogP contribution in [0.3, 0.4) is 0 Å². The number of aromatic nitrogens is 2. The summed E-state index contributed by atoms with van der Waals surface area (Å²) in [4.78, 5) is 28.2. The first-order chi connectivity index (χ1) is 13.4. The van der Waals surface area contributed by atoms with E-state index in [0.717, 1.165) is 30.3 Å². The minimum absolute atomic E-state index is 0.0986. The molecule has 0 aromatic carbocycles. The Kier molecular flexibility index (Phi) is 6.34. The van der Waals surface area contributed by atoms with Crippen molar-refractivity contribution in [2.75, 3.05) is 11.9 Å². The molecule has 1 aliphatic carbocycles. The second-order valence-corrected chi connectivity index (χ2v) is 7.28. The number of amides is 1. The first kappa shape index (κ1) is 20.3. The molecule has 0 spiro atoms. The van der Waals surface area contributed by atoms with E-state index in [0.29, 0.717) is 12.5 Å². The van der Waals surface area contributed by atoms with Crippen LogP contribution in [0.4, 0.5) is 10.6 Å². The predicted octanol–water partition coefficient (Wildman–Crippen LogP) is 0.992. The van der Waals surface area contributed by atoms with Crippen molar-refractivity contribution < 1.29 is 24.5 Å². The number of carbonyl (C=O) groups excluding carboxylic acids is 1. The number of anilines is 1. The van der Waals surface area contributed by atoms with Gasteiger partial charge in [0.25, 0.3) is 0 Å². The van der Waals surface area contributed by atoms with Gasteiger partial charge in [-0.2, -0.15) is 4.98 Å². The molecule has 3 N–H and O–H groups in total. The molecular weight excluding hydrogens is 366 g/mol. The Morgan fingerprint density at radius 2 is 2.11 bits per heavy atom. The smallest absolute Gasteiger partial charge is 0.412 e. The molecule has 2 fully saturated rings. The molecule has 1 saturated heterocycles. The first-order valence-corrected chi connectivity index (χ1v) is 9.46. The average molecular weight is 391 g/mol.